The van der Waals surface area contributed by atoms with E-state index in [9.17, 15) is 0 Å². The van der Waals surface area contributed by atoms with Gasteiger partial charge in [0.25, 0.3) is 0 Å². The zero-order valence-electron chi connectivity index (χ0n) is 30.9. The van der Waals surface area contributed by atoms with Crippen molar-refractivity contribution in [3.05, 3.63) is 199 Å². The zero-order chi connectivity index (χ0) is 37.1. The molecule has 262 valence electrons. The van der Waals surface area contributed by atoms with Gasteiger partial charge in [0, 0.05) is 27.3 Å². The number of aromatic nitrogens is 4. The second-order valence-electron chi connectivity index (χ2n) is 14.9. The van der Waals surface area contributed by atoms with Crippen molar-refractivity contribution >= 4 is 38.2 Å². The maximum atomic E-state index is 5.21. The van der Waals surface area contributed by atoms with Gasteiger partial charge in [-0.3, -0.25) is 4.57 Å². The van der Waals surface area contributed by atoms with Crippen molar-refractivity contribution in [3.63, 3.8) is 0 Å². The van der Waals surface area contributed by atoms with Gasteiger partial charge in [-0.1, -0.05) is 172 Å². The Labute approximate surface area is 320 Å². The fourth-order valence-corrected chi connectivity index (χ4v) is 8.56. The number of nitrogens with zero attached hydrogens (tertiary/aromatic N) is 4. The third-order valence-corrected chi connectivity index (χ3v) is 11.2. The molecular formula is C51H38N4. The summed E-state index contributed by atoms with van der Waals surface area (Å²) in [6.07, 6.45) is 13.8. The summed E-state index contributed by atoms with van der Waals surface area (Å²) in [5, 5.41) is 4.75. The van der Waals surface area contributed by atoms with Gasteiger partial charge in [-0.15, -0.1) is 0 Å². The van der Waals surface area contributed by atoms with Gasteiger partial charge >= 0.3 is 0 Å². The molecule has 0 fully saturated rings. The van der Waals surface area contributed by atoms with Crippen LogP contribution in [-0.2, 0) is 5.41 Å². The Bertz CT molecular complexity index is 2920. The molecule has 0 aliphatic heterocycles. The molecule has 0 atom stereocenters. The van der Waals surface area contributed by atoms with E-state index in [1.807, 2.05) is 36.4 Å². The SMILES string of the molecule is C=C1/C=C\C=C/CC2=C(/C=C\1)C(C)(C)c1cc(-c3cc4c(c5ccccc35)c3ccccc3n4-c3nc(-c4ccccc4)nc(-c4ccccc4)n3)ccc12. The van der Waals surface area contributed by atoms with E-state index in [2.05, 4.69) is 159 Å². The molecule has 0 spiro atoms. The van der Waals surface area contributed by atoms with Gasteiger partial charge < -0.3 is 0 Å². The van der Waals surface area contributed by atoms with Gasteiger partial charge in [-0.05, 0) is 74.4 Å². The Hall–Kier alpha value is -6.91. The van der Waals surface area contributed by atoms with Crippen molar-refractivity contribution in [2.75, 3.05) is 0 Å². The molecule has 2 aromatic heterocycles. The van der Waals surface area contributed by atoms with Crippen LogP contribution in [0.15, 0.2) is 188 Å². The summed E-state index contributed by atoms with van der Waals surface area (Å²) in [5.41, 5.74) is 12.5. The third kappa shape index (κ3) is 5.41. The van der Waals surface area contributed by atoms with Gasteiger partial charge in [0.1, 0.15) is 0 Å². The molecule has 0 bridgehead atoms. The lowest BCUT2D eigenvalue weighted by Crippen LogP contribution is -2.16. The van der Waals surface area contributed by atoms with Crippen molar-refractivity contribution in [1.29, 1.82) is 0 Å². The summed E-state index contributed by atoms with van der Waals surface area (Å²) in [7, 11) is 0. The lowest BCUT2D eigenvalue weighted by Gasteiger charge is -2.24. The molecule has 4 heteroatoms. The molecule has 4 nitrogen and oxygen atoms in total. The molecule has 6 aromatic carbocycles. The first-order valence-corrected chi connectivity index (χ1v) is 18.9. The Balaban J connectivity index is 1.23. The molecular weight excluding hydrogens is 669 g/mol. The first kappa shape index (κ1) is 32.7. The Morgan fingerprint density at radius 3 is 1.95 bits per heavy atom. The van der Waals surface area contributed by atoms with Crippen molar-refractivity contribution in [2.45, 2.75) is 25.7 Å². The first-order valence-electron chi connectivity index (χ1n) is 18.9. The van der Waals surface area contributed by atoms with Crippen LogP contribution in [0.1, 0.15) is 31.4 Å². The van der Waals surface area contributed by atoms with E-state index in [1.165, 1.54) is 49.6 Å². The Morgan fingerprint density at radius 2 is 1.22 bits per heavy atom. The zero-order valence-corrected chi connectivity index (χ0v) is 30.9. The van der Waals surface area contributed by atoms with Crippen molar-refractivity contribution < 1.29 is 0 Å². The van der Waals surface area contributed by atoms with Crippen LogP contribution in [0.2, 0.25) is 0 Å². The van der Waals surface area contributed by atoms with E-state index in [0.29, 0.717) is 17.6 Å². The second kappa shape index (κ2) is 12.9. The number of hydrogen-bond donors (Lipinski definition) is 0. The highest BCUT2D eigenvalue weighted by molar-refractivity contribution is 6.24. The van der Waals surface area contributed by atoms with Crippen LogP contribution < -0.4 is 0 Å². The predicted octanol–water partition coefficient (Wildman–Crippen LogP) is 12.8. The molecule has 0 N–H and O–H groups in total. The molecule has 2 aliphatic rings. The fourth-order valence-electron chi connectivity index (χ4n) is 8.56. The molecule has 8 aromatic rings. The van der Waals surface area contributed by atoms with Crippen molar-refractivity contribution in [2.24, 2.45) is 0 Å². The average Bonchev–Trinajstić information content (AvgIpc) is 3.67. The van der Waals surface area contributed by atoms with Crippen molar-refractivity contribution in [1.82, 2.24) is 19.5 Å². The van der Waals surface area contributed by atoms with Gasteiger partial charge in [-0.2, -0.15) is 9.97 Å². The molecule has 0 saturated heterocycles. The van der Waals surface area contributed by atoms with E-state index in [4.69, 9.17) is 15.0 Å². The topological polar surface area (TPSA) is 43.6 Å². The number of hydrogen-bond acceptors (Lipinski definition) is 3. The van der Waals surface area contributed by atoms with Crippen LogP contribution in [0.4, 0.5) is 0 Å². The third-order valence-electron chi connectivity index (χ3n) is 11.2. The number of rotatable bonds is 4. The minimum Gasteiger partial charge on any atom is -0.278 e. The minimum atomic E-state index is -0.185. The van der Waals surface area contributed by atoms with E-state index in [-0.39, 0.29) is 5.41 Å². The quantitative estimate of drug-likeness (QED) is 0.183. The molecule has 0 unspecified atom stereocenters. The molecule has 0 radical (unpaired) electrons. The summed E-state index contributed by atoms with van der Waals surface area (Å²) >= 11 is 0. The van der Waals surface area contributed by atoms with Crippen LogP contribution in [0.25, 0.3) is 78.0 Å². The predicted molar refractivity (Wildman–Crippen MR) is 229 cm³/mol. The van der Waals surface area contributed by atoms with E-state index < -0.39 is 0 Å². The normalized spacial score (nSPS) is 16.7. The highest BCUT2D eigenvalue weighted by Crippen LogP contribution is 2.50. The molecule has 2 aliphatic carbocycles. The molecule has 10 rings (SSSR count). The number of para-hydroxylation sites is 1. The van der Waals surface area contributed by atoms with E-state index in [0.717, 1.165) is 39.5 Å². The van der Waals surface area contributed by atoms with Crippen LogP contribution in [0, 0.1) is 0 Å². The highest BCUT2D eigenvalue weighted by Gasteiger charge is 2.36. The van der Waals surface area contributed by atoms with E-state index >= 15 is 0 Å². The van der Waals surface area contributed by atoms with Crippen molar-refractivity contribution in [3.8, 4) is 39.9 Å². The minimum absolute atomic E-state index is 0.185. The second-order valence-corrected chi connectivity index (χ2v) is 14.9. The first-order chi connectivity index (χ1) is 27.0. The van der Waals surface area contributed by atoms with Crippen LogP contribution in [0.5, 0.6) is 0 Å². The standard InChI is InChI=1S/C51H38N4/c1-33-17-7-4-12-23-38-39-29-28-36(31-44(39)51(2,3)43(38)30-27-33)42-32-46-47(40-24-14-13-22-37(40)42)41-25-15-16-26-45(41)55(46)50-53-48(34-18-8-5-9-19-34)52-49(54-50)35-20-10-6-11-21-35/h4-22,24-32H,1,23H2,2-3H3/b12-4-,17-7-,30-27-. The molecule has 55 heavy (non-hydrogen) atoms. The lowest BCUT2D eigenvalue weighted by atomic mass is 9.79. The summed E-state index contributed by atoms with van der Waals surface area (Å²) in [4.78, 5) is 15.4. The fraction of sp³-hybridized carbons (Fsp3) is 0.0784. The van der Waals surface area contributed by atoms with Gasteiger partial charge in [0.2, 0.25) is 5.95 Å². The van der Waals surface area contributed by atoms with Gasteiger partial charge in [-0.25, -0.2) is 4.98 Å². The monoisotopic (exact) mass is 706 g/mol. The maximum Gasteiger partial charge on any atom is 0.238 e. The number of allylic oxidation sites excluding steroid dienone is 9. The largest absolute Gasteiger partial charge is 0.278 e. The molecule has 0 amide bonds. The van der Waals surface area contributed by atoms with Crippen LogP contribution in [-0.4, -0.2) is 19.5 Å². The smallest absolute Gasteiger partial charge is 0.238 e. The van der Waals surface area contributed by atoms with Crippen LogP contribution >= 0.6 is 0 Å². The summed E-state index contributed by atoms with van der Waals surface area (Å²) in [6, 6.07) is 47.2. The average molecular weight is 707 g/mol. The highest BCUT2D eigenvalue weighted by atomic mass is 15.2. The van der Waals surface area contributed by atoms with Gasteiger partial charge in [0.15, 0.2) is 11.6 Å². The summed E-state index contributed by atoms with van der Waals surface area (Å²) < 4.78 is 2.23. The maximum absolute atomic E-state index is 5.21. The Morgan fingerprint density at radius 1 is 0.564 bits per heavy atom. The lowest BCUT2D eigenvalue weighted by molar-refractivity contribution is 0.654. The Kier molecular flexibility index (Phi) is 7.67. The summed E-state index contributed by atoms with van der Waals surface area (Å²) in [6.45, 7) is 8.95. The summed E-state index contributed by atoms with van der Waals surface area (Å²) in [5.74, 6) is 1.85. The van der Waals surface area contributed by atoms with E-state index in [1.54, 1.807) is 0 Å². The van der Waals surface area contributed by atoms with Gasteiger partial charge in [0.05, 0.1) is 11.0 Å². The number of fused-ring (bicyclic) bond motifs is 7. The van der Waals surface area contributed by atoms with Crippen LogP contribution in [0.3, 0.4) is 0 Å². The number of benzene rings is 6. The molecule has 2 heterocycles. The molecule has 0 saturated carbocycles.